The molecule has 0 amide bonds. The summed E-state index contributed by atoms with van der Waals surface area (Å²) in [6.45, 7) is 3.45. The van der Waals surface area contributed by atoms with Gasteiger partial charge in [-0.1, -0.05) is 12.1 Å². The van der Waals surface area contributed by atoms with Crippen molar-refractivity contribution in [2.24, 2.45) is 5.73 Å². The molecule has 3 nitrogen and oxygen atoms in total. The van der Waals surface area contributed by atoms with Crippen molar-refractivity contribution in [2.45, 2.75) is 25.8 Å². The number of rotatable bonds is 4. The van der Waals surface area contributed by atoms with Gasteiger partial charge in [0.25, 0.3) is 0 Å². The number of hydrogen-bond acceptors (Lipinski definition) is 3. The second-order valence-electron chi connectivity index (χ2n) is 3.85. The largest absolute Gasteiger partial charge is 0.492 e. The number of fused-ring (bicyclic) bond motifs is 1. The van der Waals surface area contributed by atoms with E-state index in [0.717, 1.165) is 30.8 Å². The maximum absolute atomic E-state index is 5.58. The van der Waals surface area contributed by atoms with Crippen LogP contribution in [0.25, 0.3) is 0 Å². The van der Waals surface area contributed by atoms with Crippen molar-refractivity contribution in [1.29, 1.82) is 0 Å². The first-order valence-corrected chi connectivity index (χ1v) is 5.56. The molecule has 0 aromatic heterocycles. The van der Waals surface area contributed by atoms with Crippen LogP contribution in [0.3, 0.4) is 0 Å². The lowest BCUT2D eigenvalue weighted by atomic mass is 10.1. The van der Waals surface area contributed by atoms with Crippen molar-refractivity contribution in [3.05, 3.63) is 23.8 Å². The van der Waals surface area contributed by atoms with Crippen LogP contribution in [0.5, 0.6) is 5.75 Å². The smallest absolute Gasteiger partial charge is 0.142 e. The Balaban J connectivity index is 2.17. The SMILES string of the molecule is CCOc1cccc2c1NC(CCN)C2. The Morgan fingerprint density at radius 3 is 3.13 bits per heavy atom. The van der Waals surface area contributed by atoms with Crippen molar-refractivity contribution >= 4 is 5.69 Å². The summed E-state index contributed by atoms with van der Waals surface area (Å²) in [7, 11) is 0. The van der Waals surface area contributed by atoms with Gasteiger partial charge in [-0.05, 0) is 37.9 Å². The zero-order valence-electron chi connectivity index (χ0n) is 9.12. The van der Waals surface area contributed by atoms with Crippen LogP contribution in [0.4, 0.5) is 5.69 Å². The number of benzene rings is 1. The number of anilines is 1. The first kappa shape index (κ1) is 10.3. The Labute approximate surface area is 90.6 Å². The lowest BCUT2D eigenvalue weighted by molar-refractivity contribution is 0.342. The highest BCUT2D eigenvalue weighted by molar-refractivity contribution is 5.66. The highest BCUT2D eigenvalue weighted by Gasteiger charge is 2.22. The quantitative estimate of drug-likeness (QED) is 0.789. The van der Waals surface area contributed by atoms with Crippen molar-refractivity contribution in [1.82, 2.24) is 0 Å². The molecule has 3 N–H and O–H groups in total. The Morgan fingerprint density at radius 2 is 2.40 bits per heavy atom. The zero-order chi connectivity index (χ0) is 10.7. The summed E-state index contributed by atoms with van der Waals surface area (Å²) in [6, 6.07) is 6.70. The number of nitrogens with one attached hydrogen (secondary N) is 1. The van der Waals surface area contributed by atoms with Crippen LogP contribution in [0.1, 0.15) is 18.9 Å². The van der Waals surface area contributed by atoms with E-state index in [-0.39, 0.29) is 0 Å². The molecule has 3 heteroatoms. The van der Waals surface area contributed by atoms with E-state index in [1.807, 2.05) is 13.0 Å². The minimum atomic E-state index is 0.478. The summed E-state index contributed by atoms with van der Waals surface area (Å²) in [6.07, 6.45) is 2.08. The van der Waals surface area contributed by atoms with Crippen molar-refractivity contribution in [3.63, 3.8) is 0 Å². The predicted molar refractivity (Wildman–Crippen MR) is 62.4 cm³/mol. The van der Waals surface area contributed by atoms with Gasteiger partial charge >= 0.3 is 0 Å². The molecule has 1 aromatic rings. The first-order chi connectivity index (χ1) is 7.35. The summed E-state index contributed by atoms with van der Waals surface area (Å²) in [5.74, 6) is 0.967. The average Bonchev–Trinajstić information content (AvgIpc) is 2.62. The molecule has 0 bridgehead atoms. The fraction of sp³-hybridized carbons (Fsp3) is 0.500. The fourth-order valence-corrected chi connectivity index (χ4v) is 2.08. The molecule has 1 atom stereocenters. The van der Waals surface area contributed by atoms with Crippen LogP contribution in [0.2, 0.25) is 0 Å². The summed E-state index contributed by atoms with van der Waals surface area (Å²) in [5.41, 5.74) is 8.08. The molecule has 15 heavy (non-hydrogen) atoms. The molecule has 0 radical (unpaired) electrons. The van der Waals surface area contributed by atoms with E-state index in [9.17, 15) is 0 Å². The van der Waals surface area contributed by atoms with Gasteiger partial charge in [0.2, 0.25) is 0 Å². The molecular weight excluding hydrogens is 188 g/mol. The van der Waals surface area contributed by atoms with Gasteiger partial charge in [0, 0.05) is 6.04 Å². The van der Waals surface area contributed by atoms with Gasteiger partial charge in [-0.25, -0.2) is 0 Å². The van der Waals surface area contributed by atoms with Crippen LogP contribution >= 0.6 is 0 Å². The van der Waals surface area contributed by atoms with Gasteiger partial charge in [0.15, 0.2) is 0 Å². The molecular formula is C12H18N2O. The van der Waals surface area contributed by atoms with E-state index in [0.29, 0.717) is 12.6 Å². The lowest BCUT2D eigenvalue weighted by Crippen LogP contribution is -2.19. The second-order valence-corrected chi connectivity index (χ2v) is 3.85. The van der Waals surface area contributed by atoms with E-state index in [1.165, 1.54) is 5.56 Å². The van der Waals surface area contributed by atoms with Crippen LogP contribution in [-0.4, -0.2) is 19.2 Å². The van der Waals surface area contributed by atoms with Crippen LogP contribution in [0.15, 0.2) is 18.2 Å². The second kappa shape index (κ2) is 4.53. The summed E-state index contributed by atoms with van der Waals surface area (Å²) >= 11 is 0. The van der Waals surface area contributed by atoms with Crippen LogP contribution < -0.4 is 15.8 Å². The minimum absolute atomic E-state index is 0.478. The highest BCUT2D eigenvalue weighted by atomic mass is 16.5. The summed E-state index contributed by atoms with van der Waals surface area (Å²) < 4.78 is 5.58. The van der Waals surface area contributed by atoms with Gasteiger partial charge in [-0.15, -0.1) is 0 Å². The average molecular weight is 206 g/mol. The Kier molecular flexibility index (Phi) is 3.11. The van der Waals surface area contributed by atoms with Gasteiger partial charge in [-0.3, -0.25) is 0 Å². The summed E-state index contributed by atoms with van der Waals surface area (Å²) in [5, 5.41) is 3.48. The number of nitrogens with two attached hydrogens (primary N) is 1. The molecule has 0 fully saturated rings. The number of ether oxygens (including phenoxy) is 1. The number of para-hydroxylation sites is 1. The standard InChI is InChI=1S/C12H18N2O/c1-2-15-11-5-3-4-9-8-10(6-7-13)14-12(9)11/h3-5,10,14H,2,6-8,13H2,1H3. The summed E-state index contributed by atoms with van der Waals surface area (Å²) in [4.78, 5) is 0. The molecule has 1 aromatic carbocycles. The molecule has 0 saturated heterocycles. The third kappa shape index (κ3) is 2.07. The molecule has 0 saturated carbocycles. The first-order valence-electron chi connectivity index (χ1n) is 5.56. The van der Waals surface area contributed by atoms with Gasteiger partial charge in [-0.2, -0.15) is 0 Å². The number of hydrogen-bond donors (Lipinski definition) is 2. The normalized spacial score (nSPS) is 18.4. The monoisotopic (exact) mass is 206 g/mol. The van der Waals surface area contributed by atoms with Crippen molar-refractivity contribution in [3.8, 4) is 5.75 Å². The Bertz CT molecular complexity index is 338. The van der Waals surface area contributed by atoms with Crippen molar-refractivity contribution in [2.75, 3.05) is 18.5 Å². The van der Waals surface area contributed by atoms with Crippen LogP contribution in [-0.2, 0) is 6.42 Å². The van der Waals surface area contributed by atoms with Gasteiger partial charge in [0.05, 0.1) is 12.3 Å². The van der Waals surface area contributed by atoms with E-state index in [1.54, 1.807) is 0 Å². The van der Waals surface area contributed by atoms with Gasteiger partial charge in [0.1, 0.15) is 5.75 Å². The van der Waals surface area contributed by atoms with E-state index >= 15 is 0 Å². The maximum Gasteiger partial charge on any atom is 0.142 e. The molecule has 0 aliphatic carbocycles. The van der Waals surface area contributed by atoms with E-state index in [4.69, 9.17) is 10.5 Å². The molecule has 1 heterocycles. The van der Waals surface area contributed by atoms with Gasteiger partial charge < -0.3 is 15.8 Å². The molecule has 82 valence electrons. The third-order valence-corrected chi connectivity index (χ3v) is 2.74. The highest BCUT2D eigenvalue weighted by Crippen LogP contribution is 2.35. The molecule has 1 unspecified atom stereocenters. The molecule has 2 rings (SSSR count). The molecule has 1 aliphatic heterocycles. The van der Waals surface area contributed by atoms with Crippen molar-refractivity contribution < 1.29 is 4.74 Å². The predicted octanol–water partition coefficient (Wildman–Crippen LogP) is 1.77. The third-order valence-electron chi connectivity index (χ3n) is 2.74. The Morgan fingerprint density at radius 1 is 1.53 bits per heavy atom. The lowest BCUT2D eigenvalue weighted by Gasteiger charge is -2.11. The topological polar surface area (TPSA) is 47.3 Å². The van der Waals surface area contributed by atoms with E-state index in [2.05, 4.69) is 17.4 Å². The maximum atomic E-state index is 5.58. The van der Waals surface area contributed by atoms with E-state index < -0.39 is 0 Å². The van der Waals surface area contributed by atoms with Crippen LogP contribution in [0, 0.1) is 0 Å². The fourth-order valence-electron chi connectivity index (χ4n) is 2.08. The minimum Gasteiger partial charge on any atom is -0.492 e. The zero-order valence-corrected chi connectivity index (χ0v) is 9.12. The molecule has 1 aliphatic rings. The Hall–Kier alpha value is -1.22. The molecule has 0 spiro atoms.